The van der Waals surface area contributed by atoms with Crippen LogP contribution in [-0.4, -0.2) is 4.40 Å². The van der Waals surface area contributed by atoms with Crippen molar-refractivity contribution in [2.45, 2.75) is 0 Å². The Bertz CT molecular complexity index is 3430. The SMILES string of the molecule is c1ccc(-c2ccc(N(c3ccc(-c4ccc5c(c4)c4cccc6c7ccccc7n5c64)cc3)c3ccc(-c4cccc5c4oc4ccccc45)cc3)cc2)cc1. The summed E-state index contributed by atoms with van der Waals surface area (Å²) in [5, 5.41) is 7.46. The van der Waals surface area contributed by atoms with Gasteiger partial charge in [0, 0.05) is 54.9 Å². The van der Waals surface area contributed by atoms with Crippen molar-refractivity contribution >= 4 is 77.1 Å². The van der Waals surface area contributed by atoms with Crippen LogP contribution in [0.2, 0.25) is 0 Å². The Labute approximate surface area is 329 Å². The van der Waals surface area contributed by atoms with Crippen LogP contribution in [0.5, 0.6) is 0 Å². The number of nitrogens with zero attached hydrogens (tertiary/aromatic N) is 2. The molecule has 0 amide bonds. The molecule has 57 heavy (non-hydrogen) atoms. The van der Waals surface area contributed by atoms with Crippen LogP contribution in [-0.2, 0) is 0 Å². The van der Waals surface area contributed by atoms with Crippen molar-refractivity contribution in [1.29, 1.82) is 0 Å². The van der Waals surface area contributed by atoms with Crippen LogP contribution in [0.1, 0.15) is 0 Å². The number of aromatic nitrogens is 1. The molecule has 0 aliphatic heterocycles. The molecule has 0 aliphatic rings. The summed E-state index contributed by atoms with van der Waals surface area (Å²) in [5.41, 5.74) is 15.9. The van der Waals surface area contributed by atoms with Crippen LogP contribution >= 0.6 is 0 Å². The monoisotopic (exact) mass is 726 g/mol. The fourth-order valence-electron chi connectivity index (χ4n) is 9.06. The maximum atomic E-state index is 6.41. The van der Waals surface area contributed by atoms with Gasteiger partial charge < -0.3 is 13.7 Å². The van der Waals surface area contributed by atoms with Gasteiger partial charge in [-0.05, 0) is 88.5 Å². The van der Waals surface area contributed by atoms with E-state index in [-0.39, 0.29) is 0 Å². The van der Waals surface area contributed by atoms with E-state index in [1.54, 1.807) is 0 Å². The van der Waals surface area contributed by atoms with Gasteiger partial charge in [-0.15, -0.1) is 0 Å². The van der Waals surface area contributed by atoms with Crippen molar-refractivity contribution in [1.82, 2.24) is 4.40 Å². The highest BCUT2D eigenvalue weighted by molar-refractivity contribution is 6.23. The largest absolute Gasteiger partial charge is 0.455 e. The fraction of sp³-hybridized carbons (Fsp3) is 0. The van der Waals surface area contributed by atoms with Crippen LogP contribution < -0.4 is 4.90 Å². The average Bonchev–Trinajstić information content (AvgIpc) is 3.95. The molecule has 12 rings (SSSR count). The van der Waals surface area contributed by atoms with E-state index in [1.807, 2.05) is 12.1 Å². The van der Waals surface area contributed by atoms with Crippen LogP contribution in [0.25, 0.3) is 93.4 Å². The number of furan rings is 1. The highest BCUT2D eigenvalue weighted by atomic mass is 16.3. The molecule has 0 aliphatic carbocycles. The maximum Gasteiger partial charge on any atom is 0.143 e. The Hall–Kier alpha value is -7.62. The first-order valence-electron chi connectivity index (χ1n) is 19.5. The molecule has 3 heterocycles. The summed E-state index contributed by atoms with van der Waals surface area (Å²) in [7, 11) is 0. The van der Waals surface area contributed by atoms with Crippen LogP contribution in [0.3, 0.4) is 0 Å². The Morgan fingerprint density at radius 3 is 1.58 bits per heavy atom. The van der Waals surface area contributed by atoms with Crippen molar-refractivity contribution in [3.63, 3.8) is 0 Å². The first kappa shape index (κ1) is 31.7. The highest BCUT2D eigenvalue weighted by Gasteiger charge is 2.19. The quantitative estimate of drug-likeness (QED) is 0.170. The van der Waals surface area contributed by atoms with E-state index < -0.39 is 0 Å². The molecule has 0 bridgehead atoms. The summed E-state index contributed by atoms with van der Waals surface area (Å²) in [6, 6.07) is 74.3. The van der Waals surface area contributed by atoms with Crippen molar-refractivity contribution < 1.29 is 4.42 Å². The number of anilines is 3. The molecule has 3 heteroatoms. The number of para-hydroxylation sites is 4. The Morgan fingerprint density at radius 2 is 0.842 bits per heavy atom. The molecule has 12 aromatic rings. The lowest BCUT2D eigenvalue weighted by molar-refractivity contribution is 0.670. The number of hydrogen-bond donors (Lipinski definition) is 0. The molecule has 3 aromatic heterocycles. The molecule has 0 N–H and O–H groups in total. The minimum atomic E-state index is 0.908. The topological polar surface area (TPSA) is 20.8 Å². The summed E-state index contributed by atoms with van der Waals surface area (Å²) in [6.07, 6.45) is 0. The second-order valence-corrected chi connectivity index (χ2v) is 14.9. The van der Waals surface area contributed by atoms with Gasteiger partial charge in [0.05, 0.1) is 16.6 Å². The third-order valence-corrected chi connectivity index (χ3v) is 11.8. The molecule has 3 nitrogen and oxygen atoms in total. The predicted molar refractivity (Wildman–Crippen MR) is 239 cm³/mol. The van der Waals surface area contributed by atoms with Gasteiger partial charge in [-0.3, -0.25) is 0 Å². The summed E-state index contributed by atoms with van der Waals surface area (Å²) in [4.78, 5) is 2.34. The normalized spacial score (nSPS) is 11.9. The van der Waals surface area contributed by atoms with E-state index in [4.69, 9.17) is 4.42 Å². The van der Waals surface area contributed by atoms with Crippen LogP contribution in [0.4, 0.5) is 17.1 Å². The fourth-order valence-corrected chi connectivity index (χ4v) is 9.06. The van der Waals surface area contributed by atoms with Gasteiger partial charge >= 0.3 is 0 Å². The van der Waals surface area contributed by atoms with E-state index in [2.05, 4.69) is 203 Å². The number of hydrogen-bond acceptors (Lipinski definition) is 2. The maximum absolute atomic E-state index is 6.41. The lowest BCUT2D eigenvalue weighted by Gasteiger charge is -2.26. The smallest absolute Gasteiger partial charge is 0.143 e. The Kier molecular flexibility index (Phi) is 6.93. The molecular weight excluding hydrogens is 693 g/mol. The molecule has 0 saturated heterocycles. The third kappa shape index (κ3) is 4.92. The third-order valence-electron chi connectivity index (χ3n) is 11.8. The summed E-state index contributed by atoms with van der Waals surface area (Å²) in [6.45, 7) is 0. The van der Waals surface area contributed by atoms with Gasteiger partial charge in [0.1, 0.15) is 11.2 Å². The number of fused-ring (bicyclic) bond motifs is 9. The zero-order valence-electron chi connectivity index (χ0n) is 30.9. The zero-order valence-corrected chi connectivity index (χ0v) is 30.9. The van der Waals surface area contributed by atoms with Gasteiger partial charge in [-0.2, -0.15) is 0 Å². The molecule has 0 radical (unpaired) electrons. The first-order valence-corrected chi connectivity index (χ1v) is 19.5. The van der Waals surface area contributed by atoms with Gasteiger partial charge in [-0.25, -0.2) is 0 Å². The minimum Gasteiger partial charge on any atom is -0.455 e. The van der Waals surface area contributed by atoms with Crippen molar-refractivity contribution in [3.8, 4) is 33.4 Å². The average molecular weight is 727 g/mol. The van der Waals surface area contributed by atoms with Crippen molar-refractivity contribution in [3.05, 3.63) is 206 Å². The lowest BCUT2D eigenvalue weighted by Crippen LogP contribution is -2.09. The molecule has 0 unspecified atom stereocenters. The van der Waals surface area contributed by atoms with E-state index in [1.165, 1.54) is 60.3 Å². The van der Waals surface area contributed by atoms with Gasteiger partial charge in [0.2, 0.25) is 0 Å². The lowest BCUT2D eigenvalue weighted by atomic mass is 10.0. The number of rotatable bonds is 6. The van der Waals surface area contributed by atoms with E-state index >= 15 is 0 Å². The summed E-state index contributed by atoms with van der Waals surface area (Å²) < 4.78 is 8.84. The summed E-state index contributed by atoms with van der Waals surface area (Å²) >= 11 is 0. The van der Waals surface area contributed by atoms with Crippen molar-refractivity contribution in [2.24, 2.45) is 0 Å². The second-order valence-electron chi connectivity index (χ2n) is 14.9. The first-order chi connectivity index (χ1) is 28.3. The van der Waals surface area contributed by atoms with E-state index in [9.17, 15) is 0 Å². The van der Waals surface area contributed by atoms with Crippen molar-refractivity contribution in [2.75, 3.05) is 4.90 Å². The van der Waals surface area contributed by atoms with Gasteiger partial charge in [-0.1, -0.05) is 146 Å². The minimum absolute atomic E-state index is 0.908. The molecule has 9 aromatic carbocycles. The van der Waals surface area contributed by atoms with Crippen LogP contribution in [0.15, 0.2) is 211 Å². The zero-order chi connectivity index (χ0) is 37.5. The van der Waals surface area contributed by atoms with Gasteiger partial charge in [0.25, 0.3) is 0 Å². The Morgan fingerprint density at radius 1 is 0.333 bits per heavy atom. The molecule has 0 saturated carbocycles. The van der Waals surface area contributed by atoms with Crippen LogP contribution in [0, 0.1) is 0 Å². The molecule has 0 spiro atoms. The highest BCUT2D eigenvalue weighted by Crippen LogP contribution is 2.42. The molecule has 266 valence electrons. The van der Waals surface area contributed by atoms with E-state index in [0.29, 0.717) is 0 Å². The predicted octanol–water partition coefficient (Wildman–Crippen LogP) is 15.2. The molecule has 0 fully saturated rings. The Balaban J connectivity index is 0.941. The molecular formula is C54H34N2O. The molecule has 0 atom stereocenters. The second kappa shape index (κ2) is 12.5. The standard InChI is InChI=1S/C54H34N2O/c1-2-10-35(11-3-1)36-20-27-40(28-21-36)55(42-31-24-38(25-32-42)43-14-8-17-48-45-13-5-7-19-52(45)57-54(43)48)41-29-22-37(23-30-41)39-26-33-51-49(34-39)47-16-9-15-46-44-12-4-6-18-50(44)56(51)53(46)47/h1-34H. The van der Waals surface area contributed by atoms with E-state index in [0.717, 1.165) is 50.1 Å². The van der Waals surface area contributed by atoms with Gasteiger partial charge in [0.15, 0.2) is 0 Å². The number of benzene rings is 9. The summed E-state index contributed by atoms with van der Waals surface area (Å²) in [5.74, 6) is 0.